The van der Waals surface area contributed by atoms with Gasteiger partial charge in [0, 0.05) is 23.8 Å². The van der Waals surface area contributed by atoms with E-state index in [1.54, 1.807) is 14.2 Å². The van der Waals surface area contributed by atoms with Gasteiger partial charge in [-0.15, -0.1) is 0 Å². The van der Waals surface area contributed by atoms with Crippen LogP contribution in [0, 0.1) is 6.92 Å². The molecule has 0 aliphatic carbocycles. The Morgan fingerprint density at radius 3 is 2.15 bits per heavy atom. The number of carbonyl (C=O) groups is 1. The molecule has 1 aliphatic heterocycles. The van der Waals surface area contributed by atoms with E-state index in [1.165, 1.54) is 5.56 Å². The van der Waals surface area contributed by atoms with Gasteiger partial charge in [-0.1, -0.05) is 12.1 Å². The average molecular weight is 446 g/mol. The van der Waals surface area contributed by atoms with E-state index in [9.17, 15) is 4.79 Å². The lowest BCUT2D eigenvalue weighted by Crippen LogP contribution is -2.33. The second kappa shape index (κ2) is 10.5. The fraction of sp³-hybridized carbons (Fsp3) is 0.333. The Bertz CT molecular complexity index is 1070. The molecule has 0 spiro atoms. The molecule has 1 fully saturated rings. The number of methoxy groups -OCH3 is 2. The number of carbonyl (C=O) groups excluding carboxylic acids is 1. The van der Waals surface area contributed by atoms with Gasteiger partial charge < -0.3 is 14.8 Å². The third-order valence-corrected chi connectivity index (χ3v) is 6.20. The summed E-state index contributed by atoms with van der Waals surface area (Å²) in [4.78, 5) is 20.4. The van der Waals surface area contributed by atoms with Crippen LogP contribution in [0.1, 0.15) is 46.1 Å². The fourth-order valence-corrected chi connectivity index (χ4v) is 4.31. The van der Waals surface area contributed by atoms with Crippen molar-refractivity contribution in [1.82, 2.24) is 9.88 Å². The van der Waals surface area contributed by atoms with Crippen LogP contribution in [0.4, 0.5) is 5.69 Å². The van der Waals surface area contributed by atoms with Crippen LogP contribution in [0.3, 0.4) is 0 Å². The molecule has 2 heterocycles. The van der Waals surface area contributed by atoms with E-state index in [4.69, 9.17) is 14.5 Å². The average Bonchev–Trinajstić information content (AvgIpc) is 2.85. The normalized spacial score (nSPS) is 14.6. The molecule has 1 aliphatic rings. The molecular formula is C27H31N3O3. The summed E-state index contributed by atoms with van der Waals surface area (Å²) in [5.74, 6) is 1.78. The molecule has 3 aromatic rings. The highest BCUT2D eigenvalue weighted by Gasteiger charge is 2.26. The van der Waals surface area contributed by atoms with Crippen molar-refractivity contribution in [2.45, 2.75) is 32.2 Å². The van der Waals surface area contributed by atoms with E-state index in [-0.39, 0.29) is 11.8 Å². The van der Waals surface area contributed by atoms with Crippen LogP contribution in [0.5, 0.6) is 11.5 Å². The van der Waals surface area contributed by atoms with Gasteiger partial charge in [0.2, 0.25) is 0 Å². The van der Waals surface area contributed by atoms with E-state index in [0.29, 0.717) is 5.56 Å². The lowest BCUT2D eigenvalue weighted by Gasteiger charge is -2.32. The number of piperidine rings is 1. The molecule has 33 heavy (non-hydrogen) atoms. The lowest BCUT2D eigenvalue weighted by molar-refractivity contribution is 0.102. The standard InChI is InChI=1S/C27H31N3O3/c1-19-4-13-25(27(31)29-22-7-11-24(33-3)12-8-22)26(28-19)21-14-16-30(17-15-21)18-20-5-9-23(32-2)10-6-20/h4-13,21H,14-18H2,1-3H3,(H,29,31). The maximum absolute atomic E-state index is 13.1. The first kappa shape index (κ1) is 22.8. The molecule has 1 amide bonds. The summed E-state index contributed by atoms with van der Waals surface area (Å²) in [6.07, 6.45) is 1.96. The first-order valence-electron chi connectivity index (χ1n) is 11.3. The second-order valence-electron chi connectivity index (χ2n) is 8.47. The number of anilines is 1. The van der Waals surface area contributed by atoms with Crippen molar-refractivity contribution in [3.63, 3.8) is 0 Å². The summed E-state index contributed by atoms with van der Waals surface area (Å²) < 4.78 is 10.4. The highest BCUT2D eigenvalue weighted by Crippen LogP contribution is 2.31. The van der Waals surface area contributed by atoms with Crippen molar-refractivity contribution in [3.8, 4) is 11.5 Å². The van der Waals surface area contributed by atoms with Crippen LogP contribution < -0.4 is 14.8 Å². The van der Waals surface area contributed by atoms with Crippen LogP contribution in [0.25, 0.3) is 0 Å². The number of aromatic nitrogens is 1. The number of likely N-dealkylation sites (tertiary alicyclic amines) is 1. The topological polar surface area (TPSA) is 63.7 Å². The Morgan fingerprint density at radius 1 is 0.939 bits per heavy atom. The largest absolute Gasteiger partial charge is 0.497 e. The zero-order valence-corrected chi connectivity index (χ0v) is 19.5. The summed E-state index contributed by atoms with van der Waals surface area (Å²) in [5, 5.41) is 3.00. The van der Waals surface area contributed by atoms with Crippen molar-refractivity contribution >= 4 is 11.6 Å². The molecule has 2 aromatic carbocycles. The number of aryl methyl sites for hydroxylation is 1. The Hall–Kier alpha value is -3.38. The van der Waals surface area contributed by atoms with Gasteiger partial charge in [-0.25, -0.2) is 0 Å². The van der Waals surface area contributed by atoms with Crippen molar-refractivity contribution in [3.05, 3.63) is 83.2 Å². The number of amides is 1. The van der Waals surface area contributed by atoms with Crippen molar-refractivity contribution in [1.29, 1.82) is 0 Å². The summed E-state index contributed by atoms with van der Waals surface area (Å²) in [7, 11) is 3.31. The Balaban J connectivity index is 1.42. The number of benzene rings is 2. The first-order valence-corrected chi connectivity index (χ1v) is 11.3. The predicted molar refractivity (Wildman–Crippen MR) is 130 cm³/mol. The molecule has 1 aromatic heterocycles. The van der Waals surface area contributed by atoms with E-state index >= 15 is 0 Å². The number of hydrogen-bond donors (Lipinski definition) is 1. The van der Waals surface area contributed by atoms with Crippen LogP contribution in [-0.4, -0.2) is 43.1 Å². The Labute approximate surface area is 195 Å². The summed E-state index contributed by atoms with van der Waals surface area (Å²) in [5.41, 5.74) is 4.52. The third-order valence-electron chi connectivity index (χ3n) is 6.20. The van der Waals surface area contributed by atoms with E-state index in [0.717, 1.165) is 61.1 Å². The number of pyridine rings is 1. The van der Waals surface area contributed by atoms with E-state index < -0.39 is 0 Å². The molecule has 0 saturated carbocycles. The molecule has 6 heteroatoms. The molecule has 0 radical (unpaired) electrons. The van der Waals surface area contributed by atoms with Crippen molar-refractivity contribution in [2.75, 3.05) is 32.6 Å². The van der Waals surface area contributed by atoms with Gasteiger partial charge >= 0.3 is 0 Å². The molecule has 1 N–H and O–H groups in total. The van der Waals surface area contributed by atoms with Gasteiger partial charge in [0.15, 0.2) is 0 Å². The van der Waals surface area contributed by atoms with Crippen LogP contribution in [0.2, 0.25) is 0 Å². The van der Waals surface area contributed by atoms with Crippen molar-refractivity contribution in [2.24, 2.45) is 0 Å². The zero-order valence-electron chi connectivity index (χ0n) is 19.5. The maximum atomic E-state index is 13.1. The van der Waals surface area contributed by atoms with Crippen LogP contribution in [-0.2, 0) is 6.54 Å². The highest BCUT2D eigenvalue weighted by molar-refractivity contribution is 6.05. The second-order valence-corrected chi connectivity index (χ2v) is 8.47. The first-order chi connectivity index (χ1) is 16.1. The molecule has 6 nitrogen and oxygen atoms in total. The monoisotopic (exact) mass is 445 g/mol. The molecule has 0 bridgehead atoms. The minimum atomic E-state index is -0.122. The highest BCUT2D eigenvalue weighted by atomic mass is 16.5. The molecule has 0 atom stereocenters. The lowest BCUT2D eigenvalue weighted by atomic mass is 9.89. The molecule has 0 unspecified atom stereocenters. The predicted octanol–water partition coefficient (Wildman–Crippen LogP) is 5.04. The molecule has 172 valence electrons. The van der Waals surface area contributed by atoms with E-state index in [1.807, 2.05) is 55.5 Å². The number of nitrogens with one attached hydrogen (secondary N) is 1. The molecule has 1 saturated heterocycles. The number of ether oxygens (including phenoxy) is 2. The van der Waals surface area contributed by atoms with Gasteiger partial charge in [0.1, 0.15) is 11.5 Å². The molecular weight excluding hydrogens is 414 g/mol. The Morgan fingerprint density at radius 2 is 1.55 bits per heavy atom. The number of rotatable bonds is 7. The fourth-order valence-electron chi connectivity index (χ4n) is 4.31. The maximum Gasteiger partial charge on any atom is 0.257 e. The zero-order chi connectivity index (χ0) is 23.2. The minimum Gasteiger partial charge on any atom is -0.497 e. The van der Waals surface area contributed by atoms with Gasteiger partial charge in [-0.2, -0.15) is 0 Å². The summed E-state index contributed by atoms with van der Waals surface area (Å²) in [6, 6.07) is 19.4. The van der Waals surface area contributed by atoms with Gasteiger partial charge in [-0.05, 0) is 86.9 Å². The minimum absolute atomic E-state index is 0.122. The van der Waals surface area contributed by atoms with Gasteiger partial charge in [-0.3, -0.25) is 14.7 Å². The van der Waals surface area contributed by atoms with Gasteiger partial charge in [0.05, 0.1) is 25.5 Å². The van der Waals surface area contributed by atoms with Crippen LogP contribution >= 0.6 is 0 Å². The smallest absolute Gasteiger partial charge is 0.257 e. The SMILES string of the molecule is COc1ccc(CN2CCC(c3nc(C)ccc3C(=O)Nc3ccc(OC)cc3)CC2)cc1. The molecule has 4 rings (SSSR count). The quantitative estimate of drug-likeness (QED) is 0.552. The number of hydrogen-bond acceptors (Lipinski definition) is 5. The van der Waals surface area contributed by atoms with Crippen molar-refractivity contribution < 1.29 is 14.3 Å². The van der Waals surface area contributed by atoms with E-state index in [2.05, 4.69) is 22.3 Å². The van der Waals surface area contributed by atoms with Gasteiger partial charge in [0.25, 0.3) is 5.91 Å². The van der Waals surface area contributed by atoms with Crippen LogP contribution in [0.15, 0.2) is 60.7 Å². The third kappa shape index (κ3) is 5.71. The number of nitrogens with zero attached hydrogens (tertiary/aromatic N) is 2. The summed E-state index contributed by atoms with van der Waals surface area (Å²) >= 11 is 0. The summed E-state index contributed by atoms with van der Waals surface area (Å²) in [6.45, 7) is 4.86. The Kier molecular flexibility index (Phi) is 7.25.